The summed E-state index contributed by atoms with van der Waals surface area (Å²) in [6.45, 7) is 3.90. The molecular weight excluding hydrogens is 270 g/mol. The van der Waals surface area contributed by atoms with Gasteiger partial charge in [0.1, 0.15) is 11.0 Å². The van der Waals surface area contributed by atoms with E-state index < -0.39 is 0 Å². The van der Waals surface area contributed by atoms with Crippen molar-refractivity contribution in [2.24, 2.45) is 5.92 Å². The van der Waals surface area contributed by atoms with Gasteiger partial charge in [0.05, 0.1) is 0 Å². The van der Waals surface area contributed by atoms with E-state index in [4.69, 9.17) is 16.3 Å². The number of rotatable bonds is 4. The van der Waals surface area contributed by atoms with E-state index >= 15 is 0 Å². The van der Waals surface area contributed by atoms with Crippen LogP contribution in [0.1, 0.15) is 19.8 Å². The predicted molar refractivity (Wildman–Crippen MR) is 75.5 cm³/mol. The van der Waals surface area contributed by atoms with Crippen LogP contribution in [0, 0.1) is 5.92 Å². The molecule has 1 unspecified atom stereocenters. The zero-order chi connectivity index (χ0) is 13.0. The number of halogens is 1. The maximum atomic E-state index is 5.97. The van der Waals surface area contributed by atoms with Gasteiger partial charge in [0, 0.05) is 25.3 Å². The molecule has 6 heteroatoms. The van der Waals surface area contributed by atoms with Crippen molar-refractivity contribution in [3.05, 3.63) is 11.2 Å². The molecule has 0 radical (unpaired) electrons. The van der Waals surface area contributed by atoms with Crippen LogP contribution in [0.3, 0.4) is 0 Å². The zero-order valence-corrected chi connectivity index (χ0v) is 12.2. The number of thioether (sulfide) groups is 1. The van der Waals surface area contributed by atoms with Crippen molar-refractivity contribution in [1.82, 2.24) is 9.97 Å². The normalized spacial score (nSPS) is 18.6. The lowest BCUT2D eigenvalue weighted by Gasteiger charge is -2.28. The maximum Gasteiger partial charge on any atom is 0.190 e. The summed E-state index contributed by atoms with van der Waals surface area (Å²) in [7, 11) is 0. The summed E-state index contributed by atoms with van der Waals surface area (Å²) in [6, 6.07) is 2.14. The van der Waals surface area contributed by atoms with Crippen molar-refractivity contribution in [2.75, 3.05) is 24.8 Å². The number of ether oxygens (including phenoxy) is 1. The van der Waals surface area contributed by atoms with Crippen molar-refractivity contribution in [3.8, 4) is 0 Å². The summed E-state index contributed by atoms with van der Waals surface area (Å²) in [5, 5.41) is 4.60. The smallest absolute Gasteiger partial charge is 0.190 e. The Hall–Kier alpha value is -0.520. The fourth-order valence-corrected chi connectivity index (χ4v) is 2.74. The van der Waals surface area contributed by atoms with Crippen LogP contribution in [-0.2, 0) is 4.74 Å². The van der Waals surface area contributed by atoms with Crippen molar-refractivity contribution >= 4 is 29.2 Å². The SMILES string of the molecule is CSc1nc(Cl)cc(NC(C)C2CCOCC2)n1. The summed E-state index contributed by atoms with van der Waals surface area (Å²) >= 11 is 7.47. The summed E-state index contributed by atoms with van der Waals surface area (Å²) in [4.78, 5) is 8.54. The Morgan fingerprint density at radius 3 is 2.83 bits per heavy atom. The van der Waals surface area contributed by atoms with Crippen LogP contribution in [0.5, 0.6) is 0 Å². The molecule has 2 rings (SSSR count). The molecule has 18 heavy (non-hydrogen) atoms. The van der Waals surface area contributed by atoms with Crippen LogP contribution in [0.25, 0.3) is 0 Å². The number of anilines is 1. The van der Waals surface area contributed by atoms with Gasteiger partial charge in [-0.25, -0.2) is 9.97 Å². The van der Waals surface area contributed by atoms with Gasteiger partial charge >= 0.3 is 0 Å². The van der Waals surface area contributed by atoms with E-state index in [0.29, 0.717) is 22.3 Å². The molecule has 0 amide bonds. The van der Waals surface area contributed by atoms with E-state index in [1.165, 1.54) is 11.8 Å². The van der Waals surface area contributed by atoms with Gasteiger partial charge in [-0.1, -0.05) is 23.4 Å². The van der Waals surface area contributed by atoms with Gasteiger partial charge in [-0.15, -0.1) is 0 Å². The monoisotopic (exact) mass is 287 g/mol. The quantitative estimate of drug-likeness (QED) is 0.524. The van der Waals surface area contributed by atoms with Gasteiger partial charge in [0.2, 0.25) is 0 Å². The molecule has 0 aliphatic carbocycles. The highest BCUT2D eigenvalue weighted by molar-refractivity contribution is 7.98. The van der Waals surface area contributed by atoms with E-state index in [0.717, 1.165) is 31.9 Å². The Morgan fingerprint density at radius 1 is 1.44 bits per heavy atom. The topological polar surface area (TPSA) is 47.0 Å². The molecule has 1 aromatic heterocycles. The molecule has 1 aromatic rings. The van der Waals surface area contributed by atoms with Crippen molar-refractivity contribution in [1.29, 1.82) is 0 Å². The second-order valence-electron chi connectivity index (χ2n) is 4.45. The summed E-state index contributed by atoms with van der Waals surface area (Å²) in [5.41, 5.74) is 0. The summed E-state index contributed by atoms with van der Waals surface area (Å²) in [5.74, 6) is 1.43. The van der Waals surface area contributed by atoms with Gasteiger partial charge in [0.15, 0.2) is 5.16 Å². The first kappa shape index (κ1) is 13.9. The van der Waals surface area contributed by atoms with Crippen LogP contribution < -0.4 is 5.32 Å². The minimum atomic E-state index is 0.370. The molecule has 1 aliphatic rings. The van der Waals surface area contributed by atoms with Crippen molar-refractivity contribution in [2.45, 2.75) is 31.0 Å². The van der Waals surface area contributed by atoms with Crippen molar-refractivity contribution in [3.63, 3.8) is 0 Å². The number of nitrogens with zero attached hydrogens (tertiary/aromatic N) is 2. The maximum absolute atomic E-state index is 5.97. The highest BCUT2D eigenvalue weighted by atomic mass is 35.5. The standard InChI is InChI=1S/C12H18ClN3OS/c1-8(9-3-5-17-6-4-9)14-11-7-10(13)15-12(16-11)18-2/h7-9H,3-6H2,1-2H3,(H,14,15,16). The Labute approximate surface area is 117 Å². The number of hydrogen-bond donors (Lipinski definition) is 1. The van der Waals surface area contributed by atoms with Crippen LogP contribution in [0.15, 0.2) is 11.2 Å². The Kier molecular flexibility index (Phi) is 5.09. The first-order chi connectivity index (χ1) is 8.69. The molecule has 1 fully saturated rings. The predicted octanol–water partition coefficient (Wildman–Crippen LogP) is 3.08. The Balaban J connectivity index is 2.01. The van der Waals surface area contributed by atoms with Crippen molar-refractivity contribution < 1.29 is 4.74 Å². The second-order valence-corrected chi connectivity index (χ2v) is 5.61. The molecule has 1 N–H and O–H groups in total. The van der Waals surface area contributed by atoms with Gasteiger partial charge in [-0.05, 0) is 31.9 Å². The van der Waals surface area contributed by atoms with E-state index in [9.17, 15) is 0 Å². The van der Waals surface area contributed by atoms with Gasteiger partial charge < -0.3 is 10.1 Å². The number of aromatic nitrogens is 2. The Bertz CT molecular complexity index is 399. The number of nitrogens with one attached hydrogen (secondary N) is 1. The molecular formula is C12H18ClN3OS. The molecule has 0 bridgehead atoms. The first-order valence-electron chi connectivity index (χ1n) is 6.12. The molecule has 1 saturated heterocycles. The van der Waals surface area contributed by atoms with Gasteiger partial charge in [-0.2, -0.15) is 0 Å². The van der Waals surface area contributed by atoms with E-state index in [1.54, 1.807) is 6.07 Å². The number of hydrogen-bond acceptors (Lipinski definition) is 5. The molecule has 100 valence electrons. The van der Waals surface area contributed by atoms with E-state index in [2.05, 4.69) is 22.2 Å². The van der Waals surface area contributed by atoms with E-state index in [-0.39, 0.29) is 0 Å². The van der Waals surface area contributed by atoms with Crippen LogP contribution in [-0.4, -0.2) is 35.5 Å². The highest BCUT2D eigenvalue weighted by Crippen LogP contribution is 2.23. The summed E-state index contributed by atoms with van der Waals surface area (Å²) in [6.07, 6.45) is 4.14. The first-order valence-corrected chi connectivity index (χ1v) is 7.72. The molecule has 1 atom stereocenters. The van der Waals surface area contributed by atoms with Gasteiger partial charge in [-0.3, -0.25) is 0 Å². The lowest BCUT2D eigenvalue weighted by Crippen LogP contribution is -2.31. The minimum Gasteiger partial charge on any atom is -0.381 e. The largest absolute Gasteiger partial charge is 0.381 e. The Morgan fingerprint density at radius 2 is 2.17 bits per heavy atom. The van der Waals surface area contributed by atoms with Crippen LogP contribution >= 0.6 is 23.4 Å². The highest BCUT2D eigenvalue weighted by Gasteiger charge is 2.20. The molecule has 0 spiro atoms. The molecule has 1 aliphatic heterocycles. The molecule has 0 aromatic carbocycles. The minimum absolute atomic E-state index is 0.370. The fourth-order valence-electron chi connectivity index (χ4n) is 2.13. The summed E-state index contributed by atoms with van der Waals surface area (Å²) < 4.78 is 5.38. The van der Waals surface area contributed by atoms with Gasteiger partial charge in [0.25, 0.3) is 0 Å². The molecule has 0 saturated carbocycles. The lowest BCUT2D eigenvalue weighted by molar-refractivity contribution is 0.0622. The lowest BCUT2D eigenvalue weighted by atomic mass is 9.93. The third kappa shape index (κ3) is 3.73. The average Bonchev–Trinajstić information content (AvgIpc) is 2.39. The van der Waals surface area contributed by atoms with Crippen LogP contribution in [0.4, 0.5) is 5.82 Å². The second kappa shape index (κ2) is 6.59. The molecule has 4 nitrogen and oxygen atoms in total. The zero-order valence-electron chi connectivity index (χ0n) is 10.6. The fraction of sp³-hybridized carbons (Fsp3) is 0.667. The third-order valence-electron chi connectivity index (χ3n) is 3.21. The van der Waals surface area contributed by atoms with Crippen LogP contribution in [0.2, 0.25) is 5.15 Å². The average molecular weight is 288 g/mol. The van der Waals surface area contributed by atoms with E-state index in [1.807, 2.05) is 6.26 Å². The third-order valence-corrected chi connectivity index (χ3v) is 3.95. The molecule has 2 heterocycles.